The molecule has 0 aromatic heterocycles. The van der Waals surface area contributed by atoms with Crippen LogP contribution >= 0.6 is 11.8 Å². The average Bonchev–Trinajstić information content (AvgIpc) is 3.23. The van der Waals surface area contributed by atoms with Crippen molar-refractivity contribution in [3.63, 3.8) is 0 Å². The van der Waals surface area contributed by atoms with E-state index in [0.717, 1.165) is 31.0 Å². The van der Waals surface area contributed by atoms with Crippen molar-refractivity contribution in [2.75, 3.05) is 39.3 Å². The Morgan fingerprint density at radius 1 is 1.39 bits per heavy atom. The number of carbonyl (C=O) groups is 2. The second-order valence-corrected chi connectivity index (χ2v) is 10.2. The molecular formula is C20H31N5O5S. The SMILES string of the molecule is C[C@@H](O)[C@H]1C(=O)N2C(C(=O)O)=C(S[C@@H]3CCN(C[C@H]4CN(C(=N)N)CCO4)C3)[C@H](C)[C@H]12. The fourth-order valence-electron chi connectivity index (χ4n) is 5.25. The van der Waals surface area contributed by atoms with Crippen LogP contribution in [0.25, 0.3) is 0 Å². The van der Waals surface area contributed by atoms with Crippen LogP contribution in [0.5, 0.6) is 0 Å². The first kappa shape index (κ1) is 22.4. The average molecular weight is 454 g/mol. The number of nitrogens with one attached hydrogen (secondary N) is 1. The standard InChI is InChI=1S/C20H31N5O5S/c1-10-15-14(11(2)26)18(27)25(15)16(19(28)29)17(10)31-13-3-4-23(9-13)7-12-8-24(20(21)22)5-6-30-12/h10-15,26H,3-9H2,1-2H3,(H3,21,22)(H,28,29)/t10-,11-,12+,13-,14-,15-/m1/s1. The lowest BCUT2D eigenvalue weighted by Gasteiger charge is -2.46. The lowest BCUT2D eigenvalue weighted by Crippen LogP contribution is -2.63. The maximum absolute atomic E-state index is 12.5. The molecule has 0 aliphatic carbocycles. The Hall–Kier alpha value is -1.82. The lowest BCUT2D eigenvalue weighted by molar-refractivity contribution is -0.163. The number of ether oxygens (including phenoxy) is 1. The number of thioether (sulfide) groups is 1. The van der Waals surface area contributed by atoms with Gasteiger partial charge in [-0.2, -0.15) is 0 Å². The first-order valence-electron chi connectivity index (χ1n) is 10.8. The van der Waals surface area contributed by atoms with Crippen molar-refractivity contribution in [1.29, 1.82) is 5.41 Å². The molecule has 11 heteroatoms. The summed E-state index contributed by atoms with van der Waals surface area (Å²) in [7, 11) is 0. The number of guanidine groups is 1. The van der Waals surface area contributed by atoms with E-state index in [-0.39, 0.29) is 40.9 Å². The Kier molecular flexibility index (Phi) is 6.21. The van der Waals surface area contributed by atoms with Crippen LogP contribution in [-0.2, 0) is 14.3 Å². The van der Waals surface area contributed by atoms with Crippen molar-refractivity contribution < 1.29 is 24.5 Å². The number of nitrogens with two attached hydrogens (primary N) is 1. The summed E-state index contributed by atoms with van der Waals surface area (Å²) in [5, 5.41) is 27.6. The van der Waals surface area contributed by atoms with Gasteiger partial charge in [0, 0.05) is 42.3 Å². The third-order valence-corrected chi connectivity index (χ3v) is 8.31. The van der Waals surface area contributed by atoms with Crippen LogP contribution in [0.15, 0.2) is 10.6 Å². The van der Waals surface area contributed by atoms with Gasteiger partial charge in [0.25, 0.3) is 0 Å². The quantitative estimate of drug-likeness (QED) is 0.239. The van der Waals surface area contributed by atoms with Gasteiger partial charge in [0.2, 0.25) is 5.91 Å². The Balaban J connectivity index is 1.39. The van der Waals surface area contributed by atoms with Crippen LogP contribution < -0.4 is 5.73 Å². The monoisotopic (exact) mass is 453 g/mol. The van der Waals surface area contributed by atoms with E-state index in [1.54, 1.807) is 18.7 Å². The summed E-state index contributed by atoms with van der Waals surface area (Å²) in [5.74, 6) is -1.94. The molecule has 4 heterocycles. The fourth-order valence-corrected chi connectivity index (χ4v) is 6.77. The molecule has 0 spiro atoms. The van der Waals surface area contributed by atoms with Gasteiger partial charge in [-0.15, -0.1) is 11.8 Å². The summed E-state index contributed by atoms with van der Waals surface area (Å²) >= 11 is 1.57. The maximum atomic E-state index is 12.5. The number of hydrogen-bond acceptors (Lipinski definition) is 7. The number of rotatable bonds is 6. The van der Waals surface area contributed by atoms with Crippen LogP contribution in [-0.4, -0.2) is 106 Å². The normalized spacial score (nSPS) is 34.7. The van der Waals surface area contributed by atoms with Gasteiger partial charge in [0.15, 0.2) is 5.96 Å². The molecule has 31 heavy (non-hydrogen) atoms. The lowest BCUT2D eigenvalue weighted by atomic mass is 9.79. The van der Waals surface area contributed by atoms with E-state index < -0.39 is 18.0 Å². The zero-order valence-corrected chi connectivity index (χ0v) is 18.7. The van der Waals surface area contributed by atoms with Crippen LogP contribution in [0.4, 0.5) is 0 Å². The molecule has 3 fully saturated rings. The summed E-state index contributed by atoms with van der Waals surface area (Å²) in [6, 6.07) is -0.271. The summed E-state index contributed by atoms with van der Waals surface area (Å²) in [6.07, 6.45) is 0.129. The minimum atomic E-state index is -1.08. The van der Waals surface area contributed by atoms with Gasteiger partial charge in [0.1, 0.15) is 5.70 Å². The number of carboxylic acid groups (broad SMARTS) is 1. The number of aliphatic carboxylic acids is 1. The number of carboxylic acids is 1. The molecule has 5 N–H and O–H groups in total. The van der Waals surface area contributed by atoms with E-state index in [4.69, 9.17) is 15.9 Å². The Morgan fingerprint density at radius 3 is 2.77 bits per heavy atom. The predicted molar refractivity (Wildman–Crippen MR) is 115 cm³/mol. The van der Waals surface area contributed by atoms with Crippen LogP contribution in [0.1, 0.15) is 20.3 Å². The number of hydrogen-bond donors (Lipinski definition) is 4. The number of carbonyl (C=O) groups excluding carboxylic acids is 1. The van der Waals surface area contributed by atoms with Gasteiger partial charge < -0.3 is 30.5 Å². The smallest absolute Gasteiger partial charge is 0.353 e. The zero-order valence-electron chi connectivity index (χ0n) is 17.9. The van der Waals surface area contributed by atoms with Gasteiger partial charge in [-0.1, -0.05) is 6.92 Å². The zero-order chi connectivity index (χ0) is 22.4. The largest absolute Gasteiger partial charge is 0.477 e. The molecule has 10 nitrogen and oxygen atoms in total. The van der Waals surface area contributed by atoms with Crippen LogP contribution in [0.2, 0.25) is 0 Å². The van der Waals surface area contributed by atoms with Gasteiger partial charge >= 0.3 is 5.97 Å². The minimum absolute atomic E-state index is 0.00743. The number of aliphatic hydroxyl groups excluding tert-OH is 1. The molecule has 0 saturated carbocycles. The van der Waals surface area contributed by atoms with Crippen molar-refractivity contribution in [1.82, 2.24) is 14.7 Å². The topological polar surface area (TPSA) is 143 Å². The molecule has 3 saturated heterocycles. The van der Waals surface area contributed by atoms with E-state index in [1.165, 1.54) is 4.90 Å². The molecule has 172 valence electrons. The van der Waals surface area contributed by atoms with Crippen LogP contribution in [0, 0.1) is 17.2 Å². The summed E-state index contributed by atoms with van der Waals surface area (Å²) in [5.41, 5.74) is 5.70. The third kappa shape index (κ3) is 4.04. The highest BCUT2D eigenvalue weighted by molar-refractivity contribution is 8.03. The first-order valence-corrected chi connectivity index (χ1v) is 11.6. The number of morpholine rings is 1. The summed E-state index contributed by atoms with van der Waals surface area (Å²) in [6.45, 7) is 7.80. The Labute approximate surface area is 185 Å². The molecule has 0 radical (unpaired) electrons. The number of nitrogens with zero attached hydrogens (tertiary/aromatic N) is 3. The highest BCUT2D eigenvalue weighted by Crippen LogP contribution is 2.51. The number of aliphatic hydroxyl groups is 1. The number of fused-ring (bicyclic) bond motifs is 1. The molecule has 4 aliphatic heterocycles. The molecule has 6 atom stereocenters. The molecule has 4 aliphatic rings. The second-order valence-electron chi connectivity index (χ2n) is 8.88. The second kappa shape index (κ2) is 8.61. The number of amides is 1. The predicted octanol–water partition coefficient (Wildman–Crippen LogP) is -0.458. The molecule has 0 bridgehead atoms. The van der Waals surface area contributed by atoms with Crippen molar-refractivity contribution in [2.24, 2.45) is 17.6 Å². The summed E-state index contributed by atoms with van der Waals surface area (Å²) in [4.78, 5) is 30.7. The van der Waals surface area contributed by atoms with Gasteiger partial charge in [0.05, 0.1) is 30.8 Å². The Bertz CT molecular complexity index is 805. The van der Waals surface area contributed by atoms with Gasteiger partial charge in [-0.3, -0.25) is 15.1 Å². The van der Waals surface area contributed by atoms with Gasteiger partial charge in [-0.25, -0.2) is 4.79 Å². The van der Waals surface area contributed by atoms with Crippen LogP contribution in [0.3, 0.4) is 0 Å². The maximum Gasteiger partial charge on any atom is 0.353 e. The highest BCUT2D eigenvalue weighted by Gasteiger charge is 2.60. The van der Waals surface area contributed by atoms with E-state index >= 15 is 0 Å². The van der Waals surface area contributed by atoms with Crippen molar-refractivity contribution in [2.45, 2.75) is 43.8 Å². The van der Waals surface area contributed by atoms with Crippen molar-refractivity contribution in [3.8, 4) is 0 Å². The molecule has 0 aromatic rings. The van der Waals surface area contributed by atoms with E-state index in [2.05, 4.69) is 4.90 Å². The summed E-state index contributed by atoms with van der Waals surface area (Å²) < 4.78 is 5.84. The third-order valence-electron chi connectivity index (χ3n) is 6.78. The van der Waals surface area contributed by atoms with E-state index in [9.17, 15) is 19.8 Å². The first-order chi connectivity index (χ1) is 14.7. The van der Waals surface area contributed by atoms with E-state index in [0.29, 0.717) is 19.7 Å². The number of likely N-dealkylation sites (tertiary alicyclic amines) is 1. The molecular weight excluding hydrogens is 422 g/mol. The fraction of sp³-hybridized carbons (Fsp3) is 0.750. The molecule has 1 amide bonds. The molecule has 0 unspecified atom stereocenters. The minimum Gasteiger partial charge on any atom is -0.477 e. The Morgan fingerprint density at radius 2 is 2.13 bits per heavy atom. The van der Waals surface area contributed by atoms with E-state index in [1.807, 2.05) is 11.8 Å². The highest BCUT2D eigenvalue weighted by atomic mass is 32.2. The molecule has 4 rings (SSSR count). The number of β-lactam (4-membered cyclic amide) rings is 1. The van der Waals surface area contributed by atoms with Crippen molar-refractivity contribution in [3.05, 3.63) is 10.6 Å². The van der Waals surface area contributed by atoms with Gasteiger partial charge in [-0.05, 0) is 19.9 Å². The van der Waals surface area contributed by atoms with Crippen molar-refractivity contribution >= 4 is 29.6 Å². The molecule has 0 aromatic carbocycles.